The molecule has 1 fully saturated rings. The second-order valence-corrected chi connectivity index (χ2v) is 6.19. The molecule has 1 aliphatic heterocycles. The van der Waals surface area contributed by atoms with E-state index in [-0.39, 0.29) is 40.6 Å². The van der Waals surface area contributed by atoms with Gasteiger partial charge in [-0.2, -0.15) is 13.2 Å². The fraction of sp³-hybridized carbons (Fsp3) is 0.385. The predicted octanol–water partition coefficient (Wildman–Crippen LogP) is 2.67. The third-order valence-electron chi connectivity index (χ3n) is 3.07. The standard InChI is InChI=1S/C13H13F3N2O2S/c1-7(19)21-9-5-12(20)18(6-9)11-4-8(13(14,15)16)2-3-10(11)17/h2-4,9H,5-6,17H2,1H3. The van der Waals surface area contributed by atoms with Gasteiger partial charge in [0.05, 0.1) is 16.9 Å². The van der Waals surface area contributed by atoms with Gasteiger partial charge in [0.1, 0.15) is 0 Å². The summed E-state index contributed by atoms with van der Waals surface area (Å²) in [4.78, 5) is 24.2. The van der Waals surface area contributed by atoms with Crippen molar-refractivity contribution in [3.63, 3.8) is 0 Å². The van der Waals surface area contributed by atoms with Gasteiger partial charge in [0.2, 0.25) is 5.91 Å². The van der Waals surface area contributed by atoms with Gasteiger partial charge in [0.25, 0.3) is 0 Å². The Balaban J connectivity index is 2.29. The van der Waals surface area contributed by atoms with Crippen molar-refractivity contribution in [3.05, 3.63) is 23.8 Å². The largest absolute Gasteiger partial charge is 0.416 e. The maximum Gasteiger partial charge on any atom is 0.416 e. The van der Waals surface area contributed by atoms with E-state index in [1.165, 1.54) is 11.8 Å². The molecule has 1 unspecified atom stereocenters. The van der Waals surface area contributed by atoms with E-state index < -0.39 is 11.7 Å². The first-order valence-corrected chi connectivity index (χ1v) is 7.00. The highest BCUT2D eigenvalue weighted by Gasteiger charge is 2.35. The summed E-state index contributed by atoms with van der Waals surface area (Å²) in [6.45, 7) is 1.56. The van der Waals surface area contributed by atoms with Crippen LogP contribution in [-0.4, -0.2) is 22.8 Å². The fourth-order valence-corrected chi connectivity index (χ4v) is 3.09. The van der Waals surface area contributed by atoms with Crippen LogP contribution in [0.3, 0.4) is 0 Å². The molecule has 114 valence electrons. The lowest BCUT2D eigenvalue weighted by Gasteiger charge is -2.20. The van der Waals surface area contributed by atoms with Gasteiger partial charge in [-0.15, -0.1) is 0 Å². The van der Waals surface area contributed by atoms with Crippen molar-refractivity contribution in [2.75, 3.05) is 17.2 Å². The van der Waals surface area contributed by atoms with Crippen LogP contribution in [0.1, 0.15) is 18.9 Å². The highest BCUT2D eigenvalue weighted by Crippen LogP contribution is 2.37. The average molecular weight is 318 g/mol. The second kappa shape index (κ2) is 5.59. The number of hydrogen-bond acceptors (Lipinski definition) is 4. The summed E-state index contributed by atoms with van der Waals surface area (Å²) in [7, 11) is 0. The zero-order valence-corrected chi connectivity index (χ0v) is 11.9. The third kappa shape index (κ3) is 3.49. The minimum Gasteiger partial charge on any atom is -0.397 e. The first-order valence-electron chi connectivity index (χ1n) is 6.13. The number of halogens is 3. The fourth-order valence-electron chi connectivity index (χ4n) is 2.18. The number of nitrogens with two attached hydrogens (primary N) is 1. The van der Waals surface area contributed by atoms with Crippen molar-refractivity contribution >= 4 is 34.2 Å². The van der Waals surface area contributed by atoms with Gasteiger partial charge in [0, 0.05) is 25.1 Å². The Morgan fingerprint density at radius 2 is 2.10 bits per heavy atom. The summed E-state index contributed by atoms with van der Waals surface area (Å²) in [5.74, 6) is -0.334. The number of carbonyl (C=O) groups is 2. The van der Waals surface area contributed by atoms with Crippen LogP contribution < -0.4 is 10.6 Å². The Kier molecular flexibility index (Phi) is 4.18. The maximum atomic E-state index is 12.7. The molecule has 1 saturated heterocycles. The lowest BCUT2D eigenvalue weighted by molar-refractivity contribution is -0.137. The minimum absolute atomic E-state index is 0.0430. The van der Waals surface area contributed by atoms with Gasteiger partial charge < -0.3 is 10.6 Å². The Morgan fingerprint density at radius 1 is 1.43 bits per heavy atom. The number of rotatable bonds is 2. The van der Waals surface area contributed by atoms with Crippen LogP contribution >= 0.6 is 11.8 Å². The van der Waals surface area contributed by atoms with E-state index in [0.29, 0.717) is 0 Å². The van der Waals surface area contributed by atoms with Gasteiger partial charge in [-0.3, -0.25) is 9.59 Å². The summed E-state index contributed by atoms with van der Waals surface area (Å²) in [6.07, 6.45) is -4.39. The first-order chi connectivity index (χ1) is 9.68. The third-order valence-corrected chi connectivity index (χ3v) is 4.05. The molecule has 2 rings (SSSR count). The van der Waals surface area contributed by atoms with E-state index in [4.69, 9.17) is 5.73 Å². The molecule has 0 bridgehead atoms. The van der Waals surface area contributed by atoms with Gasteiger partial charge in [-0.1, -0.05) is 11.8 Å². The van der Waals surface area contributed by atoms with Gasteiger partial charge in [-0.05, 0) is 18.2 Å². The summed E-state index contributed by atoms with van der Waals surface area (Å²) in [6, 6.07) is 2.88. The molecule has 8 heteroatoms. The van der Waals surface area contributed by atoms with Crippen LogP contribution in [0.15, 0.2) is 18.2 Å². The molecule has 1 amide bonds. The number of nitrogen functional groups attached to an aromatic ring is 1. The van der Waals surface area contributed by atoms with Crippen LogP contribution in [0.5, 0.6) is 0 Å². The van der Waals surface area contributed by atoms with Gasteiger partial charge >= 0.3 is 6.18 Å². The number of carbonyl (C=O) groups excluding carboxylic acids is 2. The summed E-state index contributed by atoms with van der Waals surface area (Å²) < 4.78 is 38.2. The Morgan fingerprint density at radius 3 is 2.67 bits per heavy atom. The predicted molar refractivity (Wildman–Crippen MR) is 74.9 cm³/mol. The van der Waals surface area contributed by atoms with Crippen LogP contribution in [0.4, 0.5) is 24.5 Å². The molecular formula is C13H13F3N2O2S. The number of hydrogen-bond donors (Lipinski definition) is 1. The molecule has 2 N–H and O–H groups in total. The molecule has 1 heterocycles. The molecule has 0 aliphatic carbocycles. The van der Waals surface area contributed by atoms with Crippen LogP contribution in [0.25, 0.3) is 0 Å². The van der Waals surface area contributed by atoms with E-state index in [0.717, 1.165) is 30.0 Å². The van der Waals surface area contributed by atoms with Crippen LogP contribution in [0.2, 0.25) is 0 Å². The minimum atomic E-state index is -4.50. The SMILES string of the molecule is CC(=O)SC1CC(=O)N(c2cc(C(F)(F)F)ccc2N)C1. The van der Waals surface area contributed by atoms with Gasteiger partial charge in [-0.25, -0.2) is 0 Å². The molecule has 1 aromatic rings. The number of nitrogens with zero attached hydrogens (tertiary/aromatic N) is 1. The monoisotopic (exact) mass is 318 g/mol. The Hall–Kier alpha value is -1.70. The number of anilines is 2. The van der Waals surface area contributed by atoms with Crippen molar-refractivity contribution < 1.29 is 22.8 Å². The highest BCUT2D eigenvalue weighted by molar-refractivity contribution is 8.14. The first kappa shape index (κ1) is 15.7. The second-order valence-electron chi connectivity index (χ2n) is 4.71. The lowest BCUT2D eigenvalue weighted by Crippen LogP contribution is -2.26. The molecule has 0 radical (unpaired) electrons. The van der Waals surface area contributed by atoms with Crippen molar-refractivity contribution in [2.45, 2.75) is 24.8 Å². The molecule has 0 aromatic heterocycles. The zero-order chi connectivity index (χ0) is 15.8. The smallest absolute Gasteiger partial charge is 0.397 e. The van der Waals surface area contributed by atoms with Crippen LogP contribution in [-0.2, 0) is 15.8 Å². The summed E-state index contributed by atoms with van der Waals surface area (Å²) >= 11 is 1.02. The zero-order valence-electron chi connectivity index (χ0n) is 11.1. The highest BCUT2D eigenvalue weighted by atomic mass is 32.2. The van der Waals surface area contributed by atoms with Crippen molar-refractivity contribution in [1.82, 2.24) is 0 Å². The van der Waals surface area contributed by atoms with E-state index >= 15 is 0 Å². The number of alkyl halides is 3. The molecule has 0 saturated carbocycles. The van der Waals surface area contributed by atoms with Crippen molar-refractivity contribution in [1.29, 1.82) is 0 Å². The van der Waals surface area contributed by atoms with Crippen LogP contribution in [0, 0.1) is 0 Å². The average Bonchev–Trinajstić information content (AvgIpc) is 2.68. The van der Waals surface area contributed by atoms with E-state index in [1.54, 1.807) is 0 Å². The molecule has 4 nitrogen and oxygen atoms in total. The van der Waals surface area contributed by atoms with E-state index in [2.05, 4.69) is 0 Å². The Bertz CT molecular complexity index is 589. The summed E-state index contributed by atoms with van der Waals surface area (Å²) in [5.41, 5.74) is 4.97. The van der Waals surface area contributed by atoms with E-state index in [9.17, 15) is 22.8 Å². The van der Waals surface area contributed by atoms with Crippen molar-refractivity contribution in [3.8, 4) is 0 Å². The number of thioether (sulfide) groups is 1. The molecular weight excluding hydrogens is 305 g/mol. The number of amides is 1. The normalized spacial score (nSPS) is 19.1. The van der Waals surface area contributed by atoms with Gasteiger partial charge in [0.15, 0.2) is 5.12 Å². The molecule has 21 heavy (non-hydrogen) atoms. The Labute approximate surface area is 123 Å². The molecule has 1 aliphatic rings. The lowest BCUT2D eigenvalue weighted by atomic mass is 10.1. The molecule has 1 atom stereocenters. The summed E-state index contributed by atoms with van der Waals surface area (Å²) in [5, 5.41) is -0.393. The number of benzene rings is 1. The maximum absolute atomic E-state index is 12.7. The topological polar surface area (TPSA) is 63.4 Å². The van der Waals surface area contributed by atoms with Crippen molar-refractivity contribution in [2.24, 2.45) is 0 Å². The molecule has 1 aromatic carbocycles. The molecule has 0 spiro atoms. The van der Waals surface area contributed by atoms with E-state index in [1.807, 2.05) is 0 Å². The quantitative estimate of drug-likeness (QED) is 0.852.